The van der Waals surface area contributed by atoms with E-state index in [9.17, 15) is 9.59 Å². The Morgan fingerprint density at radius 2 is 1.97 bits per heavy atom. The van der Waals surface area contributed by atoms with Gasteiger partial charge in [0, 0.05) is 29.9 Å². The molecular weight excluding hydrogens is 400 g/mol. The van der Waals surface area contributed by atoms with Gasteiger partial charge >= 0.3 is 6.03 Å². The third-order valence-corrected chi connectivity index (χ3v) is 4.99. The number of hydrogen-bond donors (Lipinski definition) is 2. The summed E-state index contributed by atoms with van der Waals surface area (Å²) in [6, 6.07) is 14.3. The number of anilines is 2. The minimum atomic E-state index is -0.384. The zero-order chi connectivity index (χ0) is 21.3. The highest BCUT2D eigenvalue weighted by Crippen LogP contribution is 2.19. The van der Waals surface area contributed by atoms with Crippen molar-refractivity contribution in [3.05, 3.63) is 70.7 Å². The SMILES string of the molecule is CCc1ccccc1NC(=O)CN(C)C(=O)Nc1cccc(OCc2cscn2)c1. The summed E-state index contributed by atoms with van der Waals surface area (Å²) in [6.45, 7) is 2.32. The van der Waals surface area contributed by atoms with E-state index in [2.05, 4.69) is 15.6 Å². The topological polar surface area (TPSA) is 83.6 Å². The van der Waals surface area contributed by atoms with Crippen LogP contribution >= 0.6 is 11.3 Å². The molecule has 0 unspecified atom stereocenters. The number of rotatable bonds is 8. The van der Waals surface area contributed by atoms with E-state index in [4.69, 9.17) is 4.74 Å². The van der Waals surface area contributed by atoms with Gasteiger partial charge in [-0.1, -0.05) is 31.2 Å². The molecule has 0 saturated carbocycles. The summed E-state index contributed by atoms with van der Waals surface area (Å²) in [5.41, 5.74) is 5.00. The standard InChI is InChI=1S/C22H24N4O3S/c1-3-16-7-4-5-10-20(16)25-21(27)12-26(2)22(28)24-17-8-6-9-19(11-17)29-13-18-14-30-15-23-18/h4-11,14-15H,3,12-13H2,1-2H3,(H,24,28)(H,25,27). The Labute approximate surface area is 179 Å². The second kappa shape index (κ2) is 10.4. The zero-order valence-corrected chi connectivity index (χ0v) is 17.7. The number of thiazole rings is 1. The molecule has 0 saturated heterocycles. The lowest BCUT2D eigenvalue weighted by molar-refractivity contribution is -0.116. The Balaban J connectivity index is 1.52. The molecule has 156 valence electrons. The molecule has 0 bridgehead atoms. The minimum absolute atomic E-state index is 0.0656. The van der Waals surface area contributed by atoms with Crippen LogP contribution in [0.3, 0.4) is 0 Å². The van der Waals surface area contributed by atoms with Gasteiger partial charge < -0.3 is 20.3 Å². The van der Waals surface area contributed by atoms with Gasteiger partial charge in [0.05, 0.1) is 11.2 Å². The fraction of sp³-hybridized carbons (Fsp3) is 0.227. The summed E-state index contributed by atoms with van der Waals surface area (Å²) < 4.78 is 5.70. The maximum Gasteiger partial charge on any atom is 0.322 e. The molecule has 0 aliphatic carbocycles. The molecule has 2 N–H and O–H groups in total. The molecule has 0 spiro atoms. The van der Waals surface area contributed by atoms with E-state index in [1.165, 1.54) is 16.2 Å². The number of ether oxygens (including phenoxy) is 1. The van der Waals surface area contributed by atoms with Crippen LogP contribution in [-0.4, -0.2) is 35.4 Å². The van der Waals surface area contributed by atoms with E-state index < -0.39 is 0 Å². The Hall–Kier alpha value is -3.39. The average Bonchev–Trinajstić information content (AvgIpc) is 3.26. The smallest absolute Gasteiger partial charge is 0.322 e. The van der Waals surface area contributed by atoms with Crippen molar-refractivity contribution in [3.8, 4) is 5.75 Å². The van der Waals surface area contributed by atoms with Crippen molar-refractivity contribution in [2.24, 2.45) is 0 Å². The highest BCUT2D eigenvalue weighted by molar-refractivity contribution is 7.07. The zero-order valence-electron chi connectivity index (χ0n) is 16.9. The first-order valence-electron chi connectivity index (χ1n) is 9.55. The van der Waals surface area contributed by atoms with Gasteiger partial charge in [0.1, 0.15) is 18.9 Å². The van der Waals surface area contributed by atoms with Crippen molar-refractivity contribution < 1.29 is 14.3 Å². The predicted octanol–water partition coefficient (Wildman–Crippen LogP) is 4.39. The van der Waals surface area contributed by atoms with Crippen LogP contribution in [0.15, 0.2) is 59.4 Å². The third-order valence-electron chi connectivity index (χ3n) is 4.36. The maximum absolute atomic E-state index is 12.5. The number of benzene rings is 2. The summed E-state index contributed by atoms with van der Waals surface area (Å²) in [5.74, 6) is 0.367. The lowest BCUT2D eigenvalue weighted by atomic mass is 10.1. The molecule has 0 fully saturated rings. The number of aromatic nitrogens is 1. The van der Waals surface area contributed by atoms with Crippen LogP contribution in [0.1, 0.15) is 18.2 Å². The van der Waals surface area contributed by atoms with Gasteiger partial charge in [-0.25, -0.2) is 9.78 Å². The first kappa shape index (κ1) is 21.3. The summed E-state index contributed by atoms with van der Waals surface area (Å²) in [6.07, 6.45) is 0.813. The summed E-state index contributed by atoms with van der Waals surface area (Å²) in [7, 11) is 1.57. The lowest BCUT2D eigenvalue weighted by Gasteiger charge is -2.18. The first-order valence-corrected chi connectivity index (χ1v) is 10.5. The third kappa shape index (κ3) is 6.05. The number of carbonyl (C=O) groups excluding carboxylic acids is 2. The van der Waals surface area contributed by atoms with Crippen molar-refractivity contribution in [1.29, 1.82) is 0 Å². The van der Waals surface area contributed by atoms with Crippen LogP contribution in [0.25, 0.3) is 0 Å². The van der Waals surface area contributed by atoms with E-state index >= 15 is 0 Å². The number of para-hydroxylation sites is 1. The van der Waals surface area contributed by atoms with E-state index in [1.807, 2.05) is 42.6 Å². The molecule has 2 aromatic carbocycles. The van der Waals surface area contributed by atoms with Gasteiger partial charge in [0.25, 0.3) is 0 Å². The number of aryl methyl sites for hydroxylation is 1. The van der Waals surface area contributed by atoms with Gasteiger partial charge in [-0.05, 0) is 30.2 Å². The monoisotopic (exact) mass is 424 g/mol. The van der Waals surface area contributed by atoms with Gasteiger partial charge in [0.2, 0.25) is 5.91 Å². The summed E-state index contributed by atoms with van der Waals surface area (Å²) >= 11 is 1.51. The molecule has 3 amide bonds. The number of likely N-dealkylation sites (N-methyl/N-ethyl adjacent to an activating group) is 1. The summed E-state index contributed by atoms with van der Waals surface area (Å²) in [5, 5.41) is 7.57. The fourth-order valence-electron chi connectivity index (χ4n) is 2.78. The van der Waals surface area contributed by atoms with Crippen LogP contribution in [0.5, 0.6) is 5.75 Å². The number of carbonyl (C=O) groups is 2. The lowest BCUT2D eigenvalue weighted by Crippen LogP contribution is -2.37. The second-order valence-electron chi connectivity index (χ2n) is 6.64. The van der Waals surface area contributed by atoms with Crippen LogP contribution in [0.2, 0.25) is 0 Å². The fourth-order valence-corrected chi connectivity index (χ4v) is 3.32. The molecule has 1 aromatic heterocycles. The van der Waals surface area contributed by atoms with Gasteiger partial charge in [-0.15, -0.1) is 11.3 Å². The first-order chi connectivity index (χ1) is 14.5. The number of urea groups is 1. The van der Waals surface area contributed by atoms with Gasteiger partial charge in [-0.3, -0.25) is 4.79 Å². The molecule has 7 nitrogen and oxygen atoms in total. The number of amides is 3. The Bertz CT molecular complexity index is 992. The van der Waals surface area contributed by atoms with Crippen molar-refractivity contribution in [2.45, 2.75) is 20.0 Å². The van der Waals surface area contributed by atoms with Crippen LogP contribution in [-0.2, 0) is 17.8 Å². The largest absolute Gasteiger partial charge is 0.487 e. The van der Waals surface area contributed by atoms with Crippen molar-refractivity contribution in [1.82, 2.24) is 9.88 Å². The highest BCUT2D eigenvalue weighted by Gasteiger charge is 2.14. The number of nitrogens with zero attached hydrogens (tertiary/aromatic N) is 2. The molecule has 3 rings (SSSR count). The minimum Gasteiger partial charge on any atom is -0.487 e. The Morgan fingerprint density at radius 3 is 2.73 bits per heavy atom. The Kier molecular flexibility index (Phi) is 7.40. The molecule has 30 heavy (non-hydrogen) atoms. The van der Waals surface area contributed by atoms with Crippen molar-refractivity contribution in [2.75, 3.05) is 24.2 Å². The van der Waals surface area contributed by atoms with Gasteiger partial charge in [0.15, 0.2) is 0 Å². The number of nitrogens with one attached hydrogen (secondary N) is 2. The molecule has 1 heterocycles. The molecule has 0 aliphatic heterocycles. The molecule has 0 aliphatic rings. The normalized spacial score (nSPS) is 10.3. The summed E-state index contributed by atoms with van der Waals surface area (Å²) in [4.78, 5) is 30.3. The average molecular weight is 425 g/mol. The van der Waals surface area contributed by atoms with E-state index in [1.54, 1.807) is 30.8 Å². The second-order valence-corrected chi connectivity index (χ2v) is 7.36. The quantitative estimate of drug-likeness (QED) is 0.562. The van der Waals surface area contributed by atoms with Gasteiger partial charge in [-0.2, -0.15) is 0 Å². The Morgan fingerprint density at radius 1 is 1.13 bits per heavy atom. The van der Waals surface area contributed by atoms with Crippen molar-refractivity contribution in [3.63, 3.8) is 0 Å². The molecule has 3 aromatic rings. The molecule has 0 radical (unpaired) electrons. The number of hydrogen-bond acceptors (Lipinski definition) is 5. The molecular formula is C22H24N4O3S. The van der Waals surface area contributed by atoms with E-state index in [0.717, 1.165) is 23.4 Å². The molecule has 8 heteroatoms. The maximum atomic E-state index is 12.5. The van der Waals surface area contributed by atoms with E-state index in [-0.39, 0.29) is 18.5 Å². The van der Waals surface area contributed by atoms with Crippen LogP contribution < -0.4 is 15.4 Å². The predicted molar refractivity (Wildman–Crippen MR) is 119 cm³/mol. The highest BCUT2D eigenvalue weighted by atomic mass is 32.1. The van der Waals surface area contributed by atoms with Crippen LogP contribution in [0, 0.1) is 0 Å². The van der Waals surface area contributed by atoms with Crippen molar-refractivity contribution >= 4 is 34.6 Å². The van der Waals surface area contributed by atoms with Crippen LogP contribution in [0.4, 0.5) is 16.2 Å². The van der Waals surface area contributed by atoms with E-state index in [0.29, 0.717) is 18.0 Å². The molecule has 0 atom stereocenters.